The first-order chi connectivity index (χ1) is 14.7. The maximum Gasteiger partial charge on any atom is 0.573 e. The largest absolute Gasteiger partial charge is 0.573 e. The standard InChI is InChI=1S/C25H27F3N2O/c1-17-21-15-20(31-25(26,27)28)9-10-22(21)29-23(17)19-11-13-24(14-12-19,30(2)3)16-18-7-5-4-6-8-18/h4-11,15,29H,12-14,16H2,1-3H3. The zero-order valence-corrected chi connectivity index (χ0v) is 18.0. The number of nitrogens with zero attached hydrogens (tertiary/aromatic N) is 1. The fourth-order valence-electron chi connectivity index (χ4n) is 4.64. The first-order valence-electron chi connectivity index (χ1n) is 10.5. The predicted octanol–water partition coefficient (Wildman–Crippen LogP) is 6.49. The second kappa shape index (κ2) is 8.08. The maximum atomic E-state index is 12.6. The first kappa shape index (κ1) is 21.5. The smallest absolute Gasteiger partial charge is 0.406 e. The van der Waals surface area contributed by atoms with E-state index in [0.717, 1.165) is 47.8 Å². The van der Waals surface area contributed by atoms with Gasteiger partial charge in [-0.2, -0.15) is 0 Å². The average molecular weight is 428 g/mol. The Balaban J connectivity index is 1.61. The SMILES string of the molecule is Cc1c(C2=CCC(Cc3ccccc3)(N(C)C)CC2)[nH]c2ccc(OC(F)(F)F)cc12. The van der Waals surface area contributed by atoms with Gasteiger partial charge in [0.15, 0.2) is 0 Å². The van der Waals surface area contributed by atoms with Crippen LogP contribution in [0.4, 0.5) is 13.2 Å². The van der Waals surface area contributed by atoms with E-state index in [9.17, 15) is 13.2 Å². The number of allylic oxidation sites excluding steroid dienone is 1. The first-order valence-corrected chi connectivity index (χ1v) is 10.5. The highest BCUT2D eigenvalue weighted by Gasteiger charge is 2.35. The number of aryl methyl sites for hydroxylation is 1. The van der Waals surface area contributed by atoms with Crippen molar-refractivity contribution < 1.29 is 17.9 Å². The molecule has 1 aromatic heterocycles. The highest BCUT2D eigenvalue weighted by atomic mass is 19.4. The number of rotatable bonds is 5. The molecule has 0 saturated carbocycles. The van der Waals surface area contributed by atoms with Crippen molar-refractivity contribution in [1.29, 1.82) is 0 Å². The van der Waals surface area contributed by atoms with Gasteiger partial charge in [0.25, 0.3) is 0 Å². The number of ether oxygens (including phenoxy) is 1. The van der Waals surface area contributed by atoms with Gasteiger partial charge in [0.2, 0.25) is 0 Å². The Hall–Kier alpha value is -2.73. The summed E-state index contributed by atoms with van der Waals surface area (Å²) in [7, 11) is 4.27. The lowest BCUT2D eigenvalue weighted by atomic mass is 9.76. The molecule has 3 aromatic rings. The molecule has 3 nitrogen and oxygen atoms in total. The molecule has 4 rings (SSSR count). The van der Waals surface area contributed by atoms with Crippen molar-refractivity contribution in [3.05, 3.63) is 71.4 Å². The summed E-state index contributed by atoms with van der Waals surface area (Å²) < 4.78 is 41.9. The summed E-state index contributed by atoms with van der Waals surface area (Å²) >= 11 is 0. The van der Waals surface area contributed by atoms with Crippen LogP contribution in [0.1, 0.15) is 36.1 Å². The maximum absolute atomic E-state index is 12.6. The number of H-pyrrole nitrogens is 1. The summed E-state index contributed by atoms with van der Waals surface area (Å²) in [5.41, 5.74) is 5.38. The van der Waals surface area contributed by atoms with E-state index < -0.39 is 6.36 Å². The summed E-state index contributed by atoms with van der Waals surface area (Å²) in [6.07, 6.45) is 1.41. The van der Waals surface area contributed by atoms with Crippen LogP contribution in [0.15, 0.2) is 54.6 Å². The number of fused-ring (bicyclic) bond motifs is 1. The third-order valence-corrected chi connectivity index (χ3v) is 6.50. The van der Waals surface area contributed by atoms with E-state index in [0.29, 0.717) is 0 Å². The third-order valence-electron chi connectivity index (χ3n) is 6.50. The van der Waals surface area contributed by atoms with Crippen LogP contribution in [0.3, 0.4) is 0 Å². The van der Waals surface area contributed by atoms with Crippen LogP contribution in [0, 0.1) is 6.92 Å². The van der Waals surface area contributed by atoms with E-state index in [-0.39, 0.29) is 11.3 Å². The van der Waals surface area contributed by atoms with Gasteiger partial charge in [-0.15, -0.1) is 13.2 Å². The Morgan fingerprint density at radius 2 is 1.84 bits per heavy atom. The van der Waals surface area contributed by atoms with Gasteiger partial charge in [0, 0.05) is 22.1 Å². The molecular formula is C25H27F3N2O. The molecule has 0 fully saturated rings. The summed E-state index contributed by atoms with van der Waals surface area (Å²) in [6.45, 7) is 1.95. The lowest BCUT2D eigenvalue weighted by Gasteiger charge is -2.42. The molecule has 0 aliphatic heterocycles. The molecule has 0 amide bonds. The van der Waals surface area contributed by atoms with Gasteiger partial charge in [-0.25, -0.2) is 0 Å². The molecule has 0 radical (unpaired) electrons. The molecule has 164 valence electrons. The highest BCUT2D eigenvalue weighted by Crippen LogP contribution is 2.40. The summed E-state index contributed by atoms with van der Waals surface area (Å²) in [4.78, 5) is 5.74. The van der Waals surface area contributed by atoms with Gasteiger partial charge >= 0.3 is 6.36 Å². The van der Waals surface area contributed by atoms with Crippen molar-refractivity contribution >= 4 is 16.5 Å². The minimum atomic E-state index is -4.69. The predicted molar refractivity (Wildman–Crippen MR) is 118 cm³/mol. The van der Waals surface area contributed by atoms with Gasteiger partial charge in [-0.1, -0.05) is 36.4 Å². The molecule has 1 heterocycles. The molecule has 0 spiro atoms. The topological polar surface area (TPSA) is 28.3 Å². The number of likely N-dealkylation sites (N-methyl/N-ethyl adjacent to an activating group) is 1. The van der Waals surface area contributed by atoms with Crippen LogP contribution in [0.2, 0.25) is 0 Å². The molecule has 31 heavy (non-hydrogen) atoms. The number of halogens is 3. The number of hydrogen-bond donors (Lipinski definition) is 1. The lowest BCUT2D eigenvalue weighted by molar-refractivity contribution is -0.274. The van der Waals surface area contributed by atoms with E-state index in [1.54, 1.807) is 6.07 Å². The second-order valence-corrected chi connectivity index (χ2v) is 8.59. The summed E-state index contributed by atoms with van der Waals surface area (Å²) in [6, 6.07) is 15.0. The number of alkyl halides is 3. The molecular weight excluding hydrogens is 401 g/mol. The van der Waals surface area contributed by atoms with E-state index in [1.807, 2.05) is 13.0 Å². The van der Waals surface area contributed by atoms with Crippen molar-refractivity contribution in [2.75, 3.05) is 14.1 Å². The van der Waals surface area contributed by atoms with Crippen molar-refractivity contribution in [3.8, 4) is 5.75 Å². The van der Waals surface area contributed by atoms with Crippen LogP contribution in [0.5, 0.6) is 5.75 Å². The van der Waals surface area contributed by atoms with E-state index in [2.05, 4.69) is 59.1 Å². The zero-order valence-electron chi connectivity index (χ0n) is 18.0. The molecule has 1 N–H and O–H groups in total. The van der Waals surface area contributed by atoms with E-state index in [1.165, 1.54) is 23.3 Å². The summed E-state index contributed by atoms with van der Waals surface area (Å²) in [5, 5.41) is 0.756. The fraction of sp³-hybridized carbons (Fsp3) is 0.360. The number of aromatic amines is 1. The molecule has 0 saturated heterocycles. The van der Waals surface area contributed by atoms with Crippen LogP contribution in [-0.4, -0.2) is 35.9 Å². The molecule has 2 aromatic carbocycles. The molecule has 1 aliphatic rings. The zero-order chi connectivity index (χ0) is 22.2. The molecule has 6 heteroatoms. The van der Waals surface area contributed by atoms with Gasteiger partial charge < -0.3 is 14.6 Å². The van der Waals surface area contributed by atoms with Gasteiger partial charge in [0.05, 0.1) is 0 Å². The monoisotopic (exact) mass is 428 g/mol. The minimum Gasteiger partial charge on any atom is -0.406 e. The van der Waals surface area contributed by atoms with Crippen LogP contribution in [-0.2, 0) is 6.42 Å². The Kier molecular flexibility index (Phi) is 5.60. The molecule has 1 atom stereocenters. The van der Waals surface area contributed by atoms with Crippen molar-refractivity contribution in [3.63, 3.8) is 0 Å². The highest BCUT2D eigenvalue weighted by molar-refractivity contribution is 5.90. The molecule has 1 aliphatic carbocycles. The fourth-order valence-corrected chi connectivity index (χ4v) is 4.64. The number of aromatic nitrogens is 1. The Morgan fingerprint density at radius 3 is 2.45 bits per heavy atom. The van der Waals surface area contributed by atoms with Crippen LogP contribution < -0.4 is 4.74 Å². The van der Waals surface area contributed by atoms with E-state index in [4.69, 9.17) is 0 Å². The molecule has 1 unspecified atom stereocenters. The van der Waals surface area contributed by atoms with Gasteiger partial charge in [0.1, 0.15) is 5.75 Å². The normalized spacial score (nSPS) is 19.6. The lowest BCUT2D eigenvalue weighted by Crippen LogP contribution is -2.47. The Labute approximate surface area is 180 Å². The van der Waals surface area contributed by atoms with E-state index >= 15 is 0 Å². The van der Waals surface area contributed by atoms with Crippen LogP contribution in [0.25, 0.3) is 16.5 Å². The van der Waals surface area contributed by atoms with Crippen molar-refractivity contribution in [1.82, 2.24) is 9.88 Å². The third kappa shape index (κ3) is 4.49. The van der Waals surface area contributed by atoms with Gasteiger partial charge in [-0.3, -0.25) is 0 Å². The number of hydrogen-bond acceptors (Lipinski definition) is 2. The van der Waals surface area contributed by atoms with Crippen LogP contribution >= 0.6 is 0 Å². The Bertz CT molecular complexity index is 1100. The number of nitrogens with one attached hydrogen (secondary N) is 1. The minimum absolute atomic E-state index is 0.0541. The quantitative estimate of drug-likeness (QED) is 0.503. The number of benzene rings is 2. The summed E-state index contributed by atoms with van der Waals surface area (Å²) in [5.74, 6) is -0.194. The van der Waals surface area contributed by atoms with Gasteiger partial charge in [-0.05, 0) is 81.6 Å². The second-order valence-electron chi connectivity index (χ2n) is 8.59. The van der Waals surface area contributed by atoms with Crippen molar-refractivity contribution in [2.24, 2.45) is 0 Å². The Morgan fingerprint density at radius 1 is 1.10 bits per heavy atom. The van der Waals surface area contributed by atoms with Crippen molar-refractivity contribution in [2.45, 2.75) is 44.5 Å². The molecule has 0 bridgehead atoms. The average Bonchev–Trinajstić information content (AvgIpc) is 3.04.